The molecule has 1 fully saturated rings. The van der Waals surface area contributed by atoms with Gasteiger partial charge in [-0.1, -0.05) is 81.6 Å². The van der Waals surface area contributed by atoms with Crippen molar-refractivity contribution in [3.63, 3.8) is 0 Å². The summed E-state index contributed by atoms with van der Waals surface area (Å²) < 4.78 is 23.5. The maximum Gasteiger partial charge on any atom is 0.246 e. The van der Waals surface area contributed by atoms with Gasteiger partial charge in [0.25, 0.3) is 0 Å². The number of carbonyl (C=O) groups excluding carboxylic acids is 3. The molecule has 3 aliphatic carbocycles. The van der Waals surface area contributed by atoms with Crippen LogP contribution in [0.2, 0.25) is 0 Å². The number of aryl methyl sites for hydroxylation is 1. The third kappa shape index (κ3) is 11.1. The van der Waals surface area contributed by atoms with Crippen LogP contribution in [-0.2, 0) is 49.7 Å². The lowest BCUT2D eigenvalue weighted by molar-refractivity contribution is -0.146. The van der Waals surface area contributed by atoms with Crippen molar-refractivity contribution >= 4 is 17.7 Å². The number of amides is 3. The molecule has 0 saturated heterocycles. The highest BCUT2D eigenvalue weighted by Crippen LogP contribution is 2.39. The molecule has 0 unspecified atom stereocenters. The molecule has 3 amide bonds. The van der Waals surface area contributed by atoms with E-state index in [2.05, 4.69) is 57.0 Å². The lowest BCUT2D eigenvalue weighted by Gasteiger charge is -2.41. The van der Waals surface area contributed by atoms with Gasteiger partial charge in [0.2, 0.25) is 23.6 Å². The van der Waals surface area contributed by atoms with Crippen LogP contribution in [0.15, 0.2) is 97.5 Å². The number of ether oxygens (including phenoxy) is 4. The molecule has 4 atom stereocenters. The zero-order valence-corrected chi connectivity index (χ0v) is 39.6. The first-order valence-electron chi connectivity index (χ1n) is 24.9. The summed E-state index contributed by atoms with van der Waals surface area (Å²) in [5.74, 6) is 0.570. The Morgan fingerprint density at radius 1 is 0.735 bits per heavy atom. The van der Waals surface area contributed by atoms with Crippen LogP contribution in [0.25, 0.3) is 22.3 Å². The van der Waals surface area contributed by atoms with E-state index >= 15 is 0 Å². The third-order valence-electron chi connectivity index (χ3n) is 14.4. The highest BCUT2D eigenvalue weighted by molar-refractivity contribution is 5.93. The number of fused-ring (bicyclic) bond motifs is 5. The van der Waals surface area contributed by atoms with E-state index in [9.17, 15) is 14.4 Å². The maximum absolute atomic E-state index is 14.9. The molecular weight excluding hydrogens is 855 g/mol. The Hall–Kier alpha value is -6.11. The van der Waals surface area contributed by atoms with Gasteiger partial charge < -0.3 is 34.5 Å². The molecule has 1 saturated carbocycles. The Bertz CT molecular complexity index is 2540. The van der Waals surface area contributed by atoms with Crippen molar-refractivity contribution in [2.75, 3.05) is 39.6 Å². The molecule has 4 aliphatic rings. The molecule has 3 heterocycles. The van der Waals surface area contributed by atoms with Gasteiger partial charge in [-0.2, -0.15) is 0 Å². The van der Waals surface area contributed by atoms with Crippen molar-refractivity contribution < 1.29 is 33.3 Å². The first-order valence-corrected chi connectivity index (χ1v) is 24.9. The topological polar surface area (TPSA) is 141 Å². The van der Waals surface area contributed by atoms with E-state index in [1.807, 2.05) is 74.9 Å². The lowest BCUT2D eigenvalue weighted by Crippen LogP contribution is -2.60. The number of hydrogen-bond acceptors (Lipinski definition) is 9. The number of pyridine rings is 2. The molecule has 1 aliphatic heterocycles. The molecule has 12 heteroatoms. The van der Waals surface area contributed by atoms with Gasteiger partial charge >= 0.3 is 0 Å². The van der Waals surface area contributed by atoms with Crippen LogP contribution in [0.5, 0.6) is 11.6 Å². The molecule has 356 valence electrons. The van der Waals surface area contributed by atoms with E-state index in [-0.39, 0.29) is 42.1 Å². The van der Waals surface area contributed by atoms with Crippen LogP contribution in [0.4, 0.5) is 0 Å². The van der Waals surface area contributed by atoms with Gasteiger partial charge in [-0.05, 0) is 120 Å². The fourth-order valence-electron chi connectivity index (χ4n) is 10.4. The highest BCUT2D eigenvalue weighted by Gasteiger charge is 2.42. The first kappa shape index (κ1) is 47.0. The van der Waals surface area contributed by atoms with Gasteiger partial charge in [0.15, 0.2) is 0 Å². The van der Waals surface area contributed by atoms with E-state index < -0.39 is 12.1 Å². The Morgan fingerprint density at radius 3 is 2.34 bits per heavy atom. The van der Waals surface area contributed by atoms with Crippen LogP contribution in [-0.4, -0.2) is 84.3 Å². The van der Waals surface area contributed by atoms with Crippen molar-refractivity contribution in [1.29, 1.82) is 0 Å². The molecule has 12 nitrogen and oxygen atoms in total. The monoisotopic (exact) mass is 919 g/mol. The number of nitrogens with zero attached hydrogens (tertiary/aromatic N) is 3. The molecule has 2 N–H and O–H groups in total. The maximum atomic E-state index is 14.9. The van der Waals surface area contributed by atoms with Gasteiger partial charge in [0.05, 0.1) is 32.5 Å². The predicted octanol–water partition coefficient (Wildman–Crippen LogP) is 8.76. The van der Waals surface area contributed by atoms with Gasteiger partial charge in [-0.3, -0.25) is 19.4 Å². The molecule has 5 aromatic rings. The second-order valence-electron chi connectivity index (χ2n) is 18.9. The SMILES string of the molecule is CC[C@@H](C)C(=O)N[C@H](C(=O)N1Cc2cc(OCCOCCOCCOc3ccc(-c4ccc5c(c4)Cc4ccncc4-5)cn3)ccc2C[C@@H]1C(=O)N[C@H]1CCCc2ccccc21)C1CCCCC1. The van der Waals surface area contributed by atoms with Crippen molar-refractivity contribution in [2.45, 2.75) is 109 Å². The fraction of sp³-hybridized carbons (Fsp3) is 0.446. The van der Waals surface area contributed by atoms with E-state index in [4.69, 9.17) is 18.9 Å². The van der Waals surface area contributed by atoms with Crippen molar-refractivity contribution in [2.24, 2.45) is 11.8 Å². The first-order chi connectivity index (χ1) is 33.3. The molecule has 0 radical (unpaired) electrons. The van der Waals surface area contributed by atoms with Crippen LogP contribution in [0.1, 0.15) is 105 Å². The molecule has 9 rings (SSSR count). The average molecular weight is 920 g/mol. The summed E-state index contributed by atoms with van der Waals surface area (Å²) in [5, 5.41) is 6.54. The van der Waals surface area contributed by atoms with Crippen molar-refractivity contribution in [3.8, 4) is 33.9 Å². The second-order valence-corrected chi connectivity index (χ2v) is 18.9. The Balaban J connectivity index is 0.751. The molecule has 0 bridgehead atoms. The summed E-state index contributed by atoms with van der Waals surface area (Å²) in [5.41, 5.74) is 11.6. The average Bonchev–Trinajstić information content (AvgIpc) is 3.76. The number of nitrogens with one attached hydrogen (secondary N) is 2. The standard InChI is InChI=1S/C56H65N5O7/c1-3-37(2)54(62)60-53(39-11-5-4-6-12-39)56(64)61-36-45-32-46(19-16-41(45)33-51(61)55(63)59-50-15-9-13-38-10-7-8-14-48(38)50)67-28-26-65-24-25-66-27-29-68-52-21-18-43(34-58-52)40-17-20-47-44(30-40)31-42-22-23-57-35-49(42)47/h7-8,10,14,16-23,30,32,34-35,37,39,50-51,53H,3-6,9,11-13,15,24-29,31,33,36H2,1-2H3,(H,59,63)(H,60,62)/t37-,50+,51-,53+/m1/s1. The summed E-state index contributed by atoms with van der Waals surface area (Å²) in [7, 11) is 0. The Morgan fingerprint density at radius 2 is 1.53 bits per heavy atom. The van der Waals surface area contributed by atoms with Gasteiger partial charge in [-0.15, -0.1) is 0 Å². The number of rotatable bonds is 19. The Kier molecular flexibility index (Phi) is 15.4. The minimum absolute atomic E-state index is 0.0220. The quantitative estimate of drug-likeness (QED) is 0.0764. The normalized spacial score (nSPS) is 18.3. The van der Waals surface area contributed by atoms with Crippen LogP contribution in [0.3, 0.4) is 0 Å². The smallest absolute Gasteiger partial charge is 0.246 e. The number of carbonyl (C=O) groups is 3. The van der Waals surface area contributed by atoms with E-state index in [1.165, 1.54) is 27.8 Å². The lowest BCUT2D eigenvalue weighted by atomic mass is 9.82. The zero-order chi connectivity index (χ0) is 46.8. The summed E-state index contributed by atoms with van der Waals surface area (Å²) in [6.45, 7) is 6.44. The van der Waals surface area contributed by atoms with Crippen molar-refractivity contribution in [1.82, 2.24) is 25.5 Å². The van der Waals surface area contributed by atoms with Crippen LogP contribution >= 0.6 is 0 Å². The molecule has 2 aromatic heterocycles. The molecule has 68 heavy (non-hydrogen) atoms. The Labute approximate surface area is 400 Å². The molecular formula is C56H65N5O7. The highest BCUT2D eigenvalue weighted by atomic mass is 16.6. The van der Waals surface area contributed by atoms with Gasteiger partial charge in [0, 0.05) is 54.7 Å². The molecule has 3 aromatic carbocycles. The summed E-state index contributed by atoms with van der Waals surface area (Å²) in [6, 6.07) is 25.3. The van der Waals surface area contributed by atoms with E-state index in [0.717, 1.165) is 85.6 Å². The summed E-state index contributed by atoms with van der Waals surface area (Å²) in [6.07, 6.45) is 15.4. The fourth-order valence-corrected chi connectivity index (χ4v) is 10.4. The van der Waals surface area contributed by atoms with Crippen LogP contribution in [0, 0.1) is 11.8 Å². The van der Waals surface area contributed by atoms with E-state index in [1.54, 1.807) is 4.90 Å². The van der Waals surface area contributed by atoms with Crippen LogP contribution < -0.4 is 20.1 Å². The van der Waals surface area contributed by atoms with Gasteiger partial charge in [0.1, 0.15) is 31.0 Å². The number of aromatic nitrogens is 2. The molecule has 0 spiro atoms. The number of benzene rings is 3. The predicted molar refractivity (Wildman–Crippen MR) is 261 cm³/mol. The summed E-state index contributed by atoms with van der Waals surface area (Å²) >= 11 is 0. The summed E-state index contributed by atoms with van der Waals surface area (Å²) in [4.78, 5) is 53.4. The number of hydrogen-bond donors (Lipinski definition) is 2. The minimum Gasteiger partial charge on any atom is -0.491 e. The van der Waals surface area contributed by atoms with Crippen molar-refractivity contribution in [3.05, 3.63) is 131 Å². The minimum atomic E-state index is -0.716. The second kappa shape index (κ2) is 22.3. The van der Waals surface area contributed by atoms with Gasteiger partial charge in [-0.25, -0.2) is 4.98 Å². The van der Waals surface area contributed by atoms with E-state index in [0.29, 0.717) is 64.1 Å². The zero-order valence-electron chi connectivity index (χ0n) is 39.6. The largest absolute Gasteiger partial charge is 0.491 e. The third-order valence-corrected chi connectivity index (χ3v) is 14.4.